The summed E-state index contributed by atoms with van der Waals surface area (Å²) in [4.78, 5) is 67.5. The molecule has 5 atom stereocenters. The van der Waals surface area contributed by atoms with Gasteiger partial charge in [0.25, 0.3) is 5.91 Å². The quantitative estimate of drug-likeness (QED) is 0.0991. The van der Waals surface area contributed by atoms with Crippen molar-refractivity contribution in [2.24, 2.45) is 17.6 Å². The van der Waals surface area contributed by atoms with Crippen LogP contribution in [0.4, 0.5) is 10.7 Å². The molecule has 2 saturated heterocycles. The van der Waals surface area contributed by atoms with Gasteiger partial charge in [-0.15, -0.1) is 0 Å². The first-order valence-electron chi connectivity index (χ1n) is 19.5. The van der Waals surface area contributed by atoms with E-state index in [4.69, 9.17) is 15.5 Å². The minimum atomic E-state index is -0.947. The normalized spacial score (nSPS) is 18.5. The first-order chi connectivity index (χ1) is 27.1. The number of ether oxygens (including phenoxy) is 1. The lowest BCUT2D eigenvalue weighted by molar-refractivity contribution is -0.144. The zero-order valence-electron chi connectivity index (χ0n) is 32.3. The van der Waals surface area contributed by atoms with Gasteiger partial charge in [0.05, 0.1) is 35.9 Å². The highest BCUT2D eigenvalue weighted by Crippen LogP contribution is 2.35. The highest BCUT2D eigenvalue weighted by atomic mass is 16.6. The van der Waals surface area contributed by atoms with E-state index in [0.717, 1.165) is 65.1 Å². The van der Waals surface area contributed by atoms with Gasteiger partial charge in [-0.25, -0.2) is 24.7 Å². The first kappa shape index (κ1) is 38.2. The van der Waals surface area contributed by atoms with Crippen molar-refractivity contribution in [3.8, 4) is 33.6 Å². The second kappa shape index (κ2) is 16.8. The van der Waals surface area contributed by atoms with E-state index in [-0.39, 0.29) is 35.7 Å². The van der Waals surface area contributed by atoms with Gasteiger partial charge in [-0.2, -0.15) is 0 Å². The van der Waals surface area contributed by atoms with Gasteiger partial charge in [0.1, 0.15) is 17.7 Å². The molecule has 0 aliphatic carbocycles. The van der Waals surface area contributed by atoms with E-state index in [9.17, 15) is 14.4 Å². The number of amides is 3. The van der Waals surface area contributed by atoms with Crippen molar-refractivity contribution in [2.75, 3.05) is 18.4 Å². The molecule has 0 bridgehead atoms. The van der Waals surface area contributed by atoms with Crippen molar-refractivity contribution in [3.63, 3.8) is 0 Å². The smallest absolute Gasteiger partial charge is 0.405 e. The fourth-order valence-corrected chi connectivity index (χ4v) is 7.74. The predicted octanol–water partition coefficient (Wildman–Crippen LogP) is 6.90. The minimum Gasteiger partial charge on any atom is -0.436 e. The SMILES string of the molecule is CCC(C)[C@H](OC(N)=O)C(=O)N1CCC[C@H]1c1ncc(-c2ccc(-c3ccc(-c4cnc([C@@H]5CCCN5C(=O)[C@H](Nc5ncccn5)C(C)C)[nH]4)cc3)cc2)[nH]1. The number of hydrogen-bond donors (Lipinski definition) is 4. The maximum atomic E-state index is 13.8. The third kappa shape index (κ3) is 8.14. The van der Waals surface area contributed by atoms with Crippen LogP contribution in [0.1, 0.15) is 83.5 Å². The Balaban J connectivity index is 1.000. The van der Waals surface area contributed by atoms with Crippen molar-refractivity contribution < 1.29 is 19.1 Å². The fourth-order valence-electron chi connectivity index (χ4n) is 7.74. The Morgan fingerprint density at radius 2 is 1.25 bits per heavy atom. The molecule has 56 heavy (non-hydrogen) atoms. The topological polar surface area (TPSA) is 188 Å². The van der Waals surface area contributed by atoms with Crippen LogP contribution in [0.15, 0.2) is 79.4 Å². The van der Waals surface area contributed by atoms with Gasteiger partial charge >= 0.3 is 6.09 Å². The molecule has 2 aromatic carbocycles. The number of likely N-dealkylation sites (tertiary alicyclic amines) is 2. The van der Waals surface area contributed by atoms with Crippen molar-refractivity contribution >= 4 is 23.9 Å². The van der Waals surface area contributed by atoms with E-state index >= 15 is 0 Å². The van der Waals surface area contributed by atoms with Crippen molar-refractivity contribution in [1.29, 1.82) is 0 Å². The number of aromatic nitrogens is 6. The zero-order valence-corrected chi connectivity index (χ0v) is 32.3. The molecular formula is C42H50N10O4. The number of hydrogen-bond acceptors (Lipinski definition) is 9. The Labute approximate surface area is 326 Å². The molecule has 14 nitrogen and oxygen atoms in total. The van der Waals surface area contributed by atoms with Gasteiger partial charge < -0.3 is 35.6 Å². The largest absolute Gasteiger partial charge is 0.436 e. The maximum absolute atomic E-state index is 13.8. The zero-order chi connectivity index (χ0) is 39.3. The van der Waals surface area contributed by atoms with Crippen molar-refractivity contribution in [1.82, 2.24) is 39.7 Å². The number of benzene rings is 2. The number of H-pyrrole nitrogens is 2. The van der Waals surface area contributed by atoms with Crippen LogP contribution in [0, 0.1) is 11.8 Å². The van der Waals surface area contributed by atoms with Gasteiger partial charge in [0, 0.05) is 31.4 Å². The summed E-state index contributed by atoms with van der Waals surface area (Å²) in [6, 6.07) is 17.5. The molecule has 2 fully saturated rings. The molecular weight excluding hydrogens is 709 g/mol. The Morgan fingerprint density at radius 3 is 1.71 bits per heavy atom. The number of imidazole rings is 2. The Hall–Kier alpha value is -6.05. The van der Waals surface area contributed by atoms with Crippen molar-refractivity contribution in [3.05, 3.63) is 91.0 Å². The average molecular weight is 759 g/mol. The lowest BCUT2D eigenvalue weighted by atomic mass is 10.00. The second-order valence-corrected chi connectivity index (χ2v) is 15.1. The minimum absolute atomic E-state index is 0.0210. The summed E-state index contributed by atoms with van der Waals surface area (Å²) in [6.07, 6.45) is 9.10. The van der Waals surface area contributed by atoms with Gasteiger partial charge in [0.2, 0.25) is 11.9 Å². The lowest BCUT2D eigenvalue weighted by Crippen LogP contribution is -2.45. The first-order valence-corrected chi connectivity index (χ1v) is 19.5. The number of primary amides is 1. The molecule has 14 heteroatoms. The molecule has 2 aliphatic heterocycles. The number of nitrogens with zero attached hydrogens (tertiary/aromatic N) is 6. The van der Waals surface area contributed by atoms with Crippen LogP contribution < -0.4 is 11.1 Å². The molecule has 0 saturated carbocycles. The van der Waals surface area contributed by atoms with E-state index in [2.05, 4.69) is 78.8 Å². The van der Waals surface area contributed by atoms with Crippen LogP contribution in [0.5, 0.6) is 0 Å². The number of nitrogens with one attached hydrogen (secondary N) is 3. The summed E-state index contributed by atoms with van der Waals surface area (Å²) in [6.45, 7) is 9.11. The van der Waals surface area contributed by atoms with Crippen LogP contribution in [0.3, 0.4) is 0 Å². The summed E-state index contributed by atoms with van der Waals surface area (Å²) in [5, 5.41) is 3.24. The summed E-state index contributed by atoms with van der Waals surface area (Å²) < 4.78 is 5.27. The highest BCUT2D eigenvalue weighted by Gasteiger charge is 2.39. The average Bonchev–Trinajstić information content (AvgIpc) is 4.06. The van der Waals surface area contributed by atoms with Crippen LogP contribution in [-0.2, 0) is 14.3 Å². The number of aromatic amines is 2. The van der Waals surface area contributed by atoms with E-state index in [0.29, 0.717) is 31.3 Å². The Kier molecular flexibility index (Phi) is 11.4. The number of carbonyl (C=O) groups excluding carboxylic acids is 3. The van der Waals surface area contributed by atoms with Gasteiger partial charge in [-0.3, -0.25) is 9.59 Å². The summed E-state index contributed by atoms with van der Waals surface area (Å²) in [5.74, 6) is 1.59. The molecule has 3 amide bonds. The molecule has 3 aromatic heterocycles. The van der Waals surface area contributed by atoms with E-state index < -0.39 is 18.2 Å². The highest BCUT2D eigenvalue weighted by molar-refractivity contribution is 5.85. The van der Waals surface area contributed by atoms with Crippen molar-refractivity contribution in [2.45, 2.75) is 84.0 Å². The monoisotopic (exact) mass is 758 g/mol. The molecule has 0 spiro atoms. The molecule has 5 N–H and O–H groups in total. The molecule has 5 heterocycles. The van der Waals surface area contributed by atoms with Crippen LogP contribution in [-0.4, -0.2) is 82.8 Å². The van der Waals surface area contributed by atoms with Crippen LogP contribution in [0.25, 0.3) is 33.6 Å². The van der Waals surface area contributed by atoms with E-state index in [1.54, 1.807) is 29.6 Å². The molecule has 292 valence electrons. The van der Waals surface area contributed by atoms with Gasteiger partial charge in [0.15, 0.2) is 6.10 Å². The lowest BCUT2D eigenvalue weighted by Gasteiger charge is -2.30. The fraction of sp³-hybridized carbons (Fsp3) is 0.405. The molecule has 7 rings (SSSR count). The molecule has 0 radical (unpaired) electrons. The van der Waals surface area contributed by atoms with Crippen LogP contribution in [0.2, 0.25) is 0 Å². The summed E-state index contributed by atoms with van der Waals surface area (Å²) >= 11 is 0. The summed E-state index contributed by atoms with van der Waals surface area (Å²) in [7, 11) is 0. The van der Waals surface area contributed by atoms with Gasteiger partial charge in [-0.05, 0) is 66.3 Å². The molecule has 5 aromatic rings. The number of rotatable bonds is 13. The molecule has 2 aliphatic rings. The maximum Gasteiger partial charge on any atom is 0.405 e. The summed E-state index contributed by atoms with van der Waals surface area (Å²) in [5.41, 5.74) is 11.2. The van der Waals surface area contributed by atoms with E-state index in [1.807, 2.05) is 38.8 Å². The number of carbonyl (C=O) groups is 3. The van der Waals surface area contributed by atoms with E-state index in [1.165, 1.54) is 0 Å². The van der Waals surface area contributed by atoms with Crippen LogP contribution >= 0.6 is 0 Å². The third-order valence-electron chi connectivity index (χ3n) is 11.0. The third-order valence-corrected chi connectivity index (χ3v) is 11.0. The number of anilines is 1. The predicted molar refractivity (Wildman–Crippen MR) is 213 cm³/mol. The van der Waals surface area contributed by atoms with Gasteiger partial charge in [-0.1, -0.05) is 76.2 Å². The number of nitrogens with two attached hydrogens (primary N) is 1. The molecule has 1 unspecified atom stereocenters. The Bertz CT molecular complexity index is 2110. The standard InChI is InChI=1S/C42H50N10O4/c1-5-26(4)36(56-41(43)55)40(54)52-22-7-10-34(52)38-47-24-32(49-38)30-17-13-28(14-18-30)27-11-15-29(16-12-27)31-23-46-37(48-31)33-9-6-21-51(33)39(53)35(25(2)3)50-42-44-19-8-20-45-42/h8,11-20,23-26,33-36H,5-7,9-10,21-22H2,1-4H3,(H2,43,55)(H,46,48)(H,47,49)(H,44,45,50)/t26?,33-,34-,35+,36-/m0/s1. The second-order valence-electron chi connectivity index (χ2n) is 15.1. The Morgan fingerprint density at radius 1 is 0.768 bits per heavy atom.